The molecule has 0 bridgehead atoms. The smallest absolute Gasteiger partial charge is 0.374 e. The Morgan fingerprint density at radius 1 is 1.53 bits per heavy atom. The number of nitrogens with one attached hydrogen (secondary N) is 1. The SMILES string of the molecule is COC(=O)c1occc1CN(C)CC(=O)NC1CC1. The summed E-state index contributed by atoms with van der Waals surface area (Å²) in [5.41, 5.74) is 0.716. The Morgan fingerprint density at radius 3 is 2.89 bits per heavy atom. The maximum atomic E-state index is 11.6. The second kappa shape index (κ2) is 5.88. The van der Waals surface area contributed by atoms with Crippen LogP contribution in [0.4, 0.5) is 0 Å². The molecular weight excluding hydrogens is 248 g/mol. The van der Waals surface area contributed by atoms with Crippen molar-refractivity contribution in [2.45, 2.75) is 25.4 Å². The molecule has 0 aromatic carbocycles. The Labute approximate surface area is 111 Å². The van der Waals surface area contributed by atoms with Crippen LogP contribution in [0.25, 0.3) is 0 Å². The van der Waals surface area contributed by atoms with Crippen LogP contribution in [0.3, 0.4) is 0 Å². The van der Waals surface area contributed by atoms with Gasteiger partial charge in [-0.25, -0.2) is 4.79 Å². The maximum absolute atomic E-state index is 11.6. The third-order valence-corrected chi connectivity index (χ3v) is 2.91. The molecular formula is C13H18N2O4. The number of hydrogen-bond donors (Lipinski definition) is 1. The summed E-state index contributed by atoms with van der Waals surface area (Å²) in [5, 5.41) is 2.92. The van der Waals surface area contributed by atoms with Crippen LogP contribution in [0.5, 0.6) is 0 Å². The number of methoxy groups -OCH3 is 1. The summed E-state index contributed by atoms with van der Waals surface area (Å²) in [6, 6.07) is 2.07. The number of likely N-dealkylation sites (N-methyl/N-ethyl adjacent to an activating group) is 1. The molecule has 1 heterocycles. The van der Waals surface area contributed by atoms with Gasteiger partial charge in [0.1, 0.15) is 0 Å². The Kier molecular flexibility index (Phi) is 4.21. The first-order chi connectivity index (χ1) is 9.10. The van der Waals surface area contributed by atoms with Crippen LogP contribution in [0.1, 0.15) is 29.0 Å². The highest BCUT2D eigenvalue weighted by atomic mass is 16.5. The van der Waals surface area contributed by atoms with E-state index in [2.05, 4.69) is 10.1 Å². The highest BCUT2D eigenvalue weighted by Crippen LogP contribution is 2.18. The maximum Gasteiger partial charge on any atom is 0.374 e. The molecule has 1 aliphatic carbocycles. The first-order valence-electron chi connectivity index (χ1n) is 6.22. The Hall–Kier alpha value is -1.82. The summed E-state index contributed by atoms with van der Waals surface area (Å²) in [5.74, 6) is -0.305. The van der Waals surface area contributed by atoms with Gasteiger partial charge in [-0.05, 0) is 26.0 Å². The van der Waals surface area contributed by atoms with Crippen LogP contribution < -0.4 is 5.32 Å². The minimum absolute atomic E-state index is 0.00751. The molecule has 6 heteroatoms. The third-order valence-electron chi connectivity index (χ3n) is 2.91. The predicted octanol–water partition coefficient (Wildman–Crippen LogP) is 0.777. The van der Waals surface area contributed by atoms with Crippen molar-refractivity contribution in [3.8, 4) is 0 Å². The molecule has 0 atom stereocenters. The van der Waals surface area contributed by atoms with E-state index in [9.17, 15) is 9.59 Å². The van der Waals surface area contributed by atoms with E-state index in [1.54, 1.807) is 6.07 Å². The van der Waals surface area contributed by atoms with Crippen molar-refractivity contribution in [2.75, 3.05) is 20.7 Å². The van der Waals surface area contributed by atoms with Crippen LogP contribution in [0, 0.1) is 0 Å². The van der Waals surface area contributed by atoms with Crippen LogP contribution in [-0.2, 0) is 16.1 Å². The third kappa shape index (κ3) is 3.82. The first-order valence-corrected chi connectivity index (χ1v) is 6.22. The summed E-state index contributed by atoms with van der Waals surface area (Å²) >= 11 is 0. The van der Waals surface area contributed by atoms with Gasteiger partial charge in [0.2, 0.25) is 11.7 Å². The highest BCUT2D eigenvalue weighted by Gasteiger charge is 2.24. The minimum atomic E-state index is -0.504. The lowest BCUT2D eigenvalue weighted by Gasteiger charge is -2.15. The van der Waals surface area contributed by atoms with Gasteiger partial charge in [0.05, 0.1) is 19.9 Å². The molecule has 0 aliphatic heterocycles. The van der Waals surface area contributed by atoms with E-state index in [1.165, 1.54) is 13.4 Å². The lowest BCUT2D eigenvalue weighted by Crippen LogP contribution is -2.36. The number of ether oxygens (including phenoxy) is 1. The molecule has 19 heavy (non-hydrogen) atoms. The predicted molar refractivity (Wildman–Crippen MR) is 67.5 cm³/mol. The molecule has 1 saturated carbocycles. The zero-order chi connectivity index (χ0) is 13.8. The fourth-order valence-electron chi connectivity index (χ4n) is 1.82. The van der Waals surface area contributed by atoms with Gasteiger partial charge in [0.25, 0.3) is 0 Å². The average molecular weight is 266 g/mol. The molecule has 0 unspecified atom stereocenters. The molecule has 1 aromatic rings. The van der Waals surface area contributed by atoms with Crippen molar-refractivity contribution in [1.29, 1.82) is 0 Å². The topological polar surface area (TPSA) is 71.8 Å². The van der Waals surface area contributed by atoms with E-state index >= 15 is 0 Å². The number of carbonyl (C=O) groups is 2. The normalized spacial score (nSPS) is 14.5. The quantitative estimate of drug-likeness (QED) is 0.770. The van der Waals surface area contributed by atoms with Gasteiger partial charge in [-0.1, -0.05) is 0 Å². The van der Waals surface area contributed by atoms with Gasteiger partial charge in [0.15, 0.2) is 0 Å². The van der Waals surface area contributed by atoms with E-state index < -0.39 is 5.97 Å². The van der Waals surface area contributed by atoms with Crippen molar-refractivity contribution in [1.82, 2.24) is 10.2 Å². The summed E-state index contributed by atoms with van der Waals surface area (Å²) < 4.78 is 9.72. The highest BCUT2D eigenvalue weighted by molar-refractivity contribution is 5.87. The molecule has 2 rings (SSSR count). The monoisotopic (exact) mass is 266 g/mol. The van der Waals surface area contributed by atoms with Crippen LogP contribution in [0.15, 0.2) is 16.7 Å². The lowest BCUT2D eigenvalue weighted by atomic mass is 10.2. The number of carbonyl (C=O) groups excluding carboxylic acids is 2. The van der Waals surface area contributed by atoms with Crippen LogP contribution >= 0.6 is 0 Å². The molecule has 104 valence electrons. The van der Waals surface area contributed by atoms with E-state index in [0.717, 1.165) is 12.8 Å². The van der Waals surface area contributed by atoms with Gasteiger partial charge in [-0.2, -0.15) is 0 Å². The summed E-state index contributed by atoms with van der Waals surface area (Å²) in [6.45, 7) is 0.751. The standard InChI is InChI=1S/C13H18N2O4/c1-15(8-11(16)14-10-3-4-10)7-9-5-6-19-12(9)13(17)18-2/h5-6,10H,3-4,7-8H2,1-2H3,(H,14,16). The number of amides is 1. The number of nitrogens with zero attached hydrogens (tertiary/aromatic N) is 1. The summed E-state index contributed by atoms with van der Waals surface area (Å²) in [7, 11) is 3.13. The van der Waals surface area contributed by atoms with Gasteiger partial charge < -0.3 is 14.5 Å². The molecule has 0 spiro atoms. The molecule has 0 saturated heterocycles. The lowest BCUT2D eigenvalue weighted by molar-refractivity contribution is -0.122. The summed E-state index contributed by atoms with van der Waals surface area (Å²) in [6.07, 6.45) is 3.59. The van der Waals surface area contributed by atoms with Crippen molar-refractivity contribution in [2.24, 2.45) is 0 Å². The second-order valence-electron chi connectivity index (χ2n) is 4.78. The molecule has 1 aliphatic rings. The van der Waals surface area contributed by atoms with Crippen molar-refractivity contribution in [3.05, 3.63) is 23.7 Å². The molecule has 0 radical (unpaired) electrons. The Bertz CT molecular complexity index is 465. The van der Waals surface area contributed by atoms with Gasteiger partial charge in [0, 0.05) is 18.2 Å². The average Bonchev–Trinajstić information content (AvgIpc) is 3.04. The Balaban J connectivity index is 1.87. The molecule has 1 N–H and O–H groups in total. The number of esters is 1. The second-order valence-corrected chi connectivity index (χ2v) is 4.78. The van der Waals surface area contributed by atoms with Crippen molar-refractivity contribution < 1.29 is 18.7 Å². The van der Waals surface area contributed by atoms with Crippen LogP contribution in [0.2, 0.25) is 0 Å². The van der Waals surface area contributed by atoms with Crippen molar-refractivity contribution >= 4 is 11.9 Å². The van der Waals surface area contributed by atoms with Gasteiger partial charge in [-0.3, -0.25) is 9.69 Å². The largest absolute Gasteiger partial charge is 0.463 e. The Morgan fingerprint density at radius 2 is 2.26 bits per heavy atom. The summed E-state index contributed by atoms with van der Waals surface area (Å²) in [4.78, 5) is 24.9. The minimum Gasteiger partial charge on any atom is -0.463 e. The van der Waals surface area contributed by atoms with E-state index in [4.69, 9.17) is 4.42 Å². The van der Waals surface area contributed by atoms with E-state index in [1.807, 2.05) is 11.9 Å². The molecule has 1 amide bonds. The zero-order valence-electron chi connectivity index (χ0n) is 11.1. The molecule has 1 fully saturated rings. The van der Waals surface area contributed by atoms with Crippen LogP contribution in [-0.4, -0.2) is 43.5 Å². The number of hydrogen-bond acceptors (Lipinski definition) is 5. The van der Waals surface area contributed by atoms with Crippen molar-refractivity contribution in [3.63, 3.8) is 0 Å². The fourth-order valence-corrected chi connectivity index (χ4v) is 1.82. The fraction of sp³-hybridized carbons (Fsp3) is 0.538. The number of furan rings is 1. The number of rotatable bonds is 6. The molecule has 6 nitrogen and oxygen atoms in total. The van der Waals surface area contributed by atoms with E-state index in [-0.39, 0.29) is 11.7 Å². The van der Waals surface area contributed by atoms with Gasteiger partial charge >= 0.3 is 5.97 Å². The van der Waals surface area contributed by atoms with Gasteiger partial charge in [-0.15, -0.1) is 0 Å². The zero-order valence-corrected chi connectivity index (χ0v) is 11.1. The van der Waals surface area contributed by atoms with E-state index in [0.29, 0.717) is 24.7 Å². The molecule has 1 aromatic heterocycles. The first kappa shape index (κ1) is 13.6.